The van der Waals surface area contributed by atoms with E-state index in [9.17, 15) is 4.79 Å². The van der Waals surface area contributed by atoms with Crippen LogP contribution in [0, 0.1) is 0 Å². The average molecular weight is 364 g/mol. The third-order valence-electron chi connectivity index (χ3n) is 4.70. The summed E-state index contributed by atoms with van der Waals surface area (Å²) in [6.07, 6.45) is 0. The molecule has 0 aliphatic heterocycles. The fourth-order valence-electron chi connectivity index (χ4n) is 3.33. The van der Waals surface area contributed by atoms with Crippen LogP contribution in [0.3, 0.4) is 0 Å². The van der Waals surface area contributed by atoms with Gasteiger partial charge in [0, 0.05) is 10.9 Å². The van der Waals surface area contributed by atoms with Crippen LogP contribution in [0.15, 0.2) is 106 Å². The van der Waals surface area contributed by atoms with E-state index >= 15 is 0 Å². The molecule has 0 N–H and O–H groups in total. The van der Waals surface area contributed by atoms with E-state index in [4.69, 9.17) is 9.52 Å². The van der Waals surface area contributed by atoms with Crippen LogP contribution in [-0.4, -0.2) is 9.78 Å². The van der Waals surface area contributed by atoms with E-state index in [1.165, 1.54) is 0 Å². The second-order valence-corrected chi connectivity index (χ2v) is 6.51. The molecule has 0 aliphatic carbocycles. The van der Waals surface area contributed by atoms with Crippen molar-refractivity contribution in [2.24, 2.45) is 0 Å². The van der Waals surface area contributed by atoms with Crippen molar-refractivity contribution in [2.45, 2.75) is 0 Å². The van der Waals surface area contributed by atoms with E-state index in [0.717, 1.165) is 22.3 Å². The van der Waals surface area contributed by atoms with Crippen LogP contribution in [-0.2, 0) is 0 Å². The number of hydrogen-bond acceptors (Lipinski definition) is 3. The number of nitrogens with zero attached hydrogens (tertiary/aromatic N) is 2. The number of fused-ring (bicyclic) bond motifs is 1. The third-order valence-corrected chi connectivity index (χ3v) is 4.70. The Balaban J connectivity index is 1.78. The molecular formula is C24H16N2O2. The molecule has 0 saturated heterocycles. The molecule has 4 nitrogen and oxygen atoms in total. The van der Waals surface area contributed by atoms with Crippen molar-refractivity contribution in [3.8, 4) is 28.2 Å². The maximum absolute atomic E-state index is 12.8. The molecule has 0 atom stereocenters. The summed E-state index contributed by atoms with van der Waals surface area (Å²) in [6.45, 7) is 0. The zero-order valence-corrected chi connectivity index (χ0v) is 14.9. The lowest BCUT2D eigenvalue weighted by atomic mass is 10.1. The van der Waals surface area contributed by atoms with Gasteiger partial charge in [0.15, 0.2) is 0 Å². The van der Waals surface area contributed by atoms with Crippen LogP contribution in [0.2, 0.25) is 0 Å². The number of benzene rings is 3. The first-order chi connectivity index (χ1) is 13.8. The van der Waals surface area contributed by atoms with Gasteiger partial charge in [0.25, 0.3) is 0 Å². The minimum absolute atomic E-state index is 0.379. The van der Waals surface area contributed by atoms with E-state index in [1.807, 2.05) is 91.0 Å². The number of para-hydroxylation sites is 2. The second kappa shape index (κ2) is 6.67. The smallest absolute Gasteiger partial charge is 0.345 e. The molecule has 28 heavy (non-hydrogen) atoms. The van der Waals surface area contributed by atoms with E-state index in [1.54, 1.807) is 10.7 Å². The minimum atomic E-state index is -0.379. The average Bonchev–Trinajstić information content (AvgIpc) is 3.20. The molecule has 0 amide bonds. The molecule has 4 heteroatoms. The highest BCUT2D eigenvalue weighted by molar-refractivity contribution is 5.82. The van der Waals surface area contributed by atoms with Gasteiger partial charge in [-0.05, 0) is 30.3 Å². The van der Waals surface area contributed by atoms with Gasteiger partial charge in [0.2, 0.25) is 0 Å². The second-order valence-electron chi connectivity index (χ2n) is 6.51. The maximum Gasteiger partial charge on any atom is 0.345 e. The topological polar surface area (TPSA) is 48.0 Å². The molecule has 134 valence electrons. The summed E-state index contributed by atoms with van der Waals surface area (Å²) >= 11 is 0. The van der Waals surface area contributed by atoms with Crippen LogP contribution in [0.4, 0.5) is 0 Å². The van der Waals surface area contributed by atoms with Crippen LogP contribution >= 0.6 is 0 Å². The summed E-state index contributed by atoms with van der Waals surface area (Å²) in [6, 6.07) is 31.0. The Morgan fingerprint density at radius 1 is 0.750 bits per heavy atom. The van der Waals surface area contributed by atoms with Gasteiger partial charge >= 0.3 is 5.63 Å². The number of rotatable bonds is 3. The molecule has 0 unspecified atom stereocenters. The highest BCUT2D eigenvalue weighted by Crippen LogP contribution is 2.28. The molecule has 2 aromatic heterocycles. The lowest BCUT2D eigenvalue weighted by molar-refractivity contribution is 0.562. The molecule has 5 rings (SSSR count). The highest BCUT2D eigenvalue weighted by atomic mass is 16.4. The standard InChI is InChI=1S/C24H16N2O2/c27-24-20(15-18-11-7-8-14-23(18)28-24)22-16-21(17-9-3-1-4-10-17)25-26(22)19-12-5-2-6-13-19/h1-16H. The van der Waals surface area contributed by atoms with E-state index < -0.39 is 0 Å². The maximum atomic E-state index is 12.8. The van der Waals surface area contributed by atoms with E-state index in [2.05, 4.69) is 0 Å². The van der Waals surface area contributed by atoms with Gasteiger partial charge in [0.05, 0.1) is 22.6 Å². The zero-order chi connectivity index (χ0) is 18.9. The summed E-state index contributed by atoms with van der Waals surface area (Å²) in [7, 11) is 0. The third kappa shape index (κ3) is 2.81. The predicted octanol–water partition coefficient (Wildman–Crippen LogP) is 5.31. The summed E-state index contributed by atoms with van der Waals surface area (Å²) < 4.78 is 7.35. The van der Waals surface area contributed by atoms with Crippen molar-refractivity contribution in [1.82, 2.24) is 9.78 Å². The fourth-order valence-corrected chi connectivity index (χ4v) is 3.33. The van der Waals surface area contributed by atoms with Gasteiger partial charge in [-0.15, -0.1) is 0 Å². The monoisotopic (exact) mass is 364 g/mol. The Morgan fingerprint density at radius 2 is 1.43 bits per heavy atom. The molecular weight excluding hydrogens is 348 g/mol. The quantitative estimate of drug-likeness (QED) is 0.408. The van der Waals surface area contributed by atoms with Gasteiger partial charge in [-0.3, -0.25) is 0 Å². The Kier molecular flexibility index (Phi) is 3.87. The first kappa shape index (κ1) is 16.3. The Hall–Kier alpha value is -3.92. The molecule has 0 spiro atoms. The molecule has 0 fully saturated rings. The van der Waals surface area contributed by atoms with Crippen LogP contribution in [0.25, 0.3) is 39.2 Å². The summed E-state index contributed by atoms with van der Waals surface area (Å²) in [4.78, 5) is 12.8. The van der Waals surface area contributed by atoms with Crippen LogP contribution < -0.4 is 5.63 Å². The van der Waals surface area contributed by atoms with Gasteiger partial charge in [0.1, 0.15) is 5.58 Å². The Morgan fingerprint density at radius 3 is 2.21 bits per heavy atom. The molecule has 2 heterocycles. The van der Waals surface area contributed by atoms with Crippen molar-refractivity contribution < 1.29 is 4.42 Å². The van der Waals surface area contributed by atoms with Crippen LogP contribution in [0.1, 0.15) is 0 Å². The van der Waals surface area contributed by atoms with Gasteiger partial charge in [-0.1, -0.05) is 66.7 Å². The van der Waals surface area contributed by atoms with Crippen molar-refractivity contribution in [3.63, 3.8) is 0 Å². The van der Waals surface area contributed by atoms with E-state index in [-0.39, 0.29) is 5.63 Å². The fraction of sp³-hybridized carbons (Fsp3) is 0. The highest BCUT2D eigenvalue weighted by Gasteiger charge is 2.17. The summed E-state index contributed by atoms with van der Waals surface area (Å²) in [5.74, 6) is 0. The predicted molar refractivity (Wildman–Crippen MR) is 110 cm³/mol. The minimum Gasteiger partial charge on any atom is -0.422 e. The molecule has 0 radical (unpaired) electrons. The van der Waals surface area contributed by atoms with Crippen molar-refractivity contribution in [1.29, 1.82) is 0 Å². The normalized spacial score (nSPS) is 11.0. The molecule has 0 saturated carbocycles. The largest absolute Gasteiger partial charge is 0.422 e. The summed E-state index contributed by atoms with van der Waals surface area (Å²) in [5.41, 5.74) is 4.05. The van der Waals surface area contributed by atoms with Gasteiger partial charge in [-0.25, -0.2) is 9.48 Å². The SMILES string of the molecule is O=c1oc2ccccc2cc1-c1cc(-c2ccccc2)nn1-c1ccccc1. The first-order valence-corrected chi connectivity index (χ1v) is 9.04. The first-order valence-electron chi connectivity index (χ1n) is 9.04. The lowest BCUT2D eigenvalue weighted by Gasteiger charge is -2.07. The molecule has 5 aromatic rings. The molecule has 0 aliphatic rings. The van der Waals surface area contributed by atoms with Gasteiger partial charge < -0.3 is 4.42 Å². The van der Waals surface area contributed by atoms with Gasteiger partial charge in [-0.2, -0.15) is 5.10 Å². The van der Waals surface area contributed by atoms with Crippen molar-refractivity contribution in [3.05, 3.63) is 107 Å². The zero-order valence-electron chi connectivity index (χ0n) is 14.9. The summed E-state index contributed by atoms with van der Waals surface area (Å²) in [5, 5.41) is 5.66. The Labute approximate surface area is 161 Å². The Bertz CT molecular complexity index is 1320. The molecule has 3 aromatic carbocycles. The van der Waals surface area contributed by atoms with Crippen molar-refractivity contribution >= 4 is 11.0 Å². The lowest BCUT2D eigenvalue weighted by Crippen LogP contribution is -2.07. The van der Waals surface area contributed by atoms with E-state index in [0.29, 0.717) is 16.8 Å². The number of hydrogen-bond donors (Lipinski definition) is 0. The number of aromatic nitrogens is 2. The van der Waals surface area contributed by atoms with Crippen LogP contribution in [0.5, 0.6) is 0 Å². The van der Waals surface area contributed by atoms with Crippen molar-refractivity contribution in [2.75, 3.05) is 0 Å². The molecule has 0 bridgehead atoms.